The van der Waals surface area contributed by atoms with Gasteiger partial charge in [-0.15, -0.1) is 0 Å². The summed E-state index contributed by atoms with van der Waals surface area (Å²) in [5.41, 5.74) is 0.692. The molecule has 0 aromatic heterocycles. The molecular weight excluding hydrogens is 329 g/mol. The normalized spacial score (nSPS) is 8.74. The predicted octanol–water partition coefficient (Wildman–Crippen LogP) is -0.752. The molecule has 0 heterocycles. The molecule has 0 saturated heterocycles. The van der Waals surface area contributed by atoms with E-state index < -0.39 is 16.1 Å². The number of carbonyl (C=O) groups is 1. The Bertz CT molecular complexity index is 634. The zero-order valence-corrected chi connectivity index (χ0v) is 15.8. The van der Waals surface area contributed by atoms with E-state index in [2.05, 4.69) is 17.9 Å². The summed E-state index contributed by atoms with van der Waals surface area (Å²) in [6.07, 6.45) is 3.56. The van der Waals surface area contributed by atoms with Crippen molar-refractivity contribution < 1.29 is 52.1 Å². The Morgan fingerprint density at radius 2 is 1.78 bits per heavy atom. The van der Waals surface area contributed by atoms with Crippen LogP contribution in [0.25, 0.3) is 6.08 Å². The minimum Gasteiger partial charge on any atom is -0.744 e. The summed E-state index contributed by atoms with van der Waals surface area (Å²) in [5, 5.41) is 8.15. The van der Waals surface area contributed by atoms with Gasteiger partial charge in [-0.3, -0.25) is 0 Å². The molecule has 0 aliphatic heterocycles. The van der Waals surface area contributed by atoms with E-state index in [0.29, 0.717) is 11.0 Å². The second kappa shape index (κ2) is 16.7. The predicted molar refractivity (Wildman–Crippen MR) is 83.2 cm³/mol. The Hall–Kier alpha value is -1.69. The van der Waals surface area contributed by atoms with Crippen LogP contribution in [0.2, 0.25) is 0 Å². The van der Waals surface area contributed by atoms with Gasteiger partial charge in [0.1, 0.15) is 10.1 Å². The second-order valence-corrected chi connectivity index (χ2v) is 4.52. The molecule has 0 fully saturated rings. The molecule has 23 heavy (non-hydrogen) atoms. The fraction of sp³-hybridized carbons (Fsp3) is 0.0667. The van der Waals surface area contributed by atoms with E-state index in [1.165, 1.54) is 19.3 Å². The summed E-state index contributed by atoms with van der Waals surface area (Å²) in [5.74, 6) is -0.394. The van der Waals surface area contributed by atoms with Crippen molar-refractivity contribution in [3.05, 3.63) is 66.6 Å². The quantitative estimate of drug-likeness (QED) is 0.234. The van der Waals surface area contributed by atoms with Crippen LogP contribution < -0.4 is 29.6 Å². The maximum absolute atomic E-state index is 10.2. The first-order chi connectivity index (χ1) is 10.3. The number of rotatable bonds is 3. The Morgan fingerprint density at radius 3 is 2.04 bits per heavy atom. The summed E-state index contributed by atoms with van der Waals surface area (Å²) < 4.78 is 34.6. The molecule has 0 unspecified atom stereocenters. The van der Waals surface area contributed by atoms with E-state index in [9.17, 15) is 17.8 Å². The molecule has 1 rings (SSSR count). The van der Waals surface area contributed by atoms with Crippen LogP contribution in [0.1, 0.15) is 5.56 Å². The number of hydrogen-bond acceptors (Lipinski definition) is 6. The summed E-state index contributed by atoms with van der Waals surface area (Å²) in [7, 11) is -2.94. The number of nitrogens with zero attached hydrogens (tertiary/aromatic N) is 1. The van der Waals surface area contributed by atoms with Crippen molar-refractivity contribution >= 4 is 22.2 Å². The Labute approximate surface area is 158 Å². The number of esters is 1. The van der Waals surface area contributed by atoms with Crippen molar-refractivity contribution in [3.8, 4) is 6.07 Å². The Kier molecular flexibility index (Phi) is 19.0. The number of nitriles is 1. The van der Waals surface area contributed by atoms with Gasteiger partial charge in [0.2, 0.25) is 0 Å². The first-order valence-electron chi connectivity index (χ1n) is 5.70. The van der Waals surface area contributed by atoms with Crippen molar-refractivity contribution in [2.45, 2.75) is 0 Å². The molecule has 0 saturated carbocycles. The first kappa shape index (κ1) is 26.2. The number of carbonyl (C=O) groups excluding carboxylic acids is 1. The van der Waals surface area contributed by atoms with Gasteiger partial charge in [0.15, 0.2) is 0 Å². The number of allylic oxidation sites excluding steroid dienone is 1. The SMILES string of the molecule is C=CC#N.C=CC(=O)OC.O=S(=O)([O-])C=Cc1ccccc1.[Na+]. The van der Waals surface area contributed by atoms with Crippen LogP contribution in [0.3, 0.4) is 0 Å². The molecule has 8 heteroatoms. The molecule has 0 aliphatic rings. The average Bonchev–Trinajstić information content (AvgIpc) is 2.53. The van der Waals surface area contributed by atoms with E-state index in [1.54, 1.807) is 30.3 Å². The monoisotopic (exact) mass is 345 g/mol. The van der Waals surface area contributed by atoms with Gasteiger partial charge in [-0.2, -0.15) is 5.26 Å². The largest absolute Gasteiger partial charge is 1.00 e. The smallest absolute Gasteiger partial charge is 0.744 e. The summed E-state index contributed by atoms with van der Waals surface area (Å²) in [6, 6.07) is 10.4. The third kappa shape index (κ3) is 22.7. The molecule has 0 N–H and O–H groups in total. The third-order valence-electron chi connectivity index (χ3n) is 1.69. The molecule has 6 nitrogen and oxygen atoms in total. The van der Waals surface area contributed by atoms with Crippen molar-refractivity contribution in [2.24, 2.45) is 0 Å². The van der Waals surface area contributed by atoms with E-state index in [0.717, 1.165) is 6.08 Å². The van der Waals surface area contributed by atoms with Gasteiger partial charge in [-0.1, -0.05) is 43.5 Å². The summed E-state index contributed by atoms with van der Waals surface area (Å²) in [6.45, 7) is 6.27. The van der Waals surface area contributed by atoms with Crippen LogP contribution in [-0.2, 0) is 19.6 Å². The van der Waals surface area contributed by atoms with Crippen LogP contribution in [0.15, 0.2) is 61.0 Å². The Balaban J connectivity index is -0.000000309. The van der Waals surface area contributed by atoms with Crippen LogP contribution in [0.4, 0.5) is 0 Å². The van der Waals surface area contributed by atoms with Crippen LogP contribution in [-0.4, -0.2) is 26.0 Å². The molecule has 0 amide bonds. The van der Waals surface area contributed by atoms with Gasteiger partial charge in [0, 0.05) is 17.6 Å². The van der Waals surface area contributed by atoms with Crippen LogP contribution in [0, 0.1) is 11.3 Å². The number of benzene rings is 1. The Morgan fingerprint density at radius 1 is 1.30 bits per heavy atom. The minimum atomic E-state index is -4.25. The van der Waals surface area contributed by atoms with Gasteiger partial charge >= 0.3 is 35.5 Å². The molecule has 118 valence electrons. The van der Waals surface area contributed by atoms with Crippen LogP contribution in [0.5, 0.6) is 0 Å². The molecule has 1 aromatic carbocycles. The maximum Gasteiger partial charge on any atom is 1.00 e. The maximum atomic E-state index is 10.2. The fourth-order valence-corrected chi connectivity index (χ4v) is 1.13. The fourth-order valence-electron chi connectivity index (χ4n) is 0.809. The molecule has 0 radical (unpaired) electrons. The van der Waals surface area contributed by atoms with E-state index in [-0.39, 0.29) is 29.6 Å². The average molecular weight is 345 g/mol. The summed E-state index contributed by atoms with van der Waals surface area (Å²) >= 11 is 0. The first-order valence-corrected chi connectivity index (χ1v) is 7.17. The number of hydrogen-bond donors (Lipinski definition) is 0. The number of ether oxygens (including phenoxy) is 1. The molecule has 0 atom stereocenters. The molecule has 0 aliphatic carbocycles. The van der Waals surface area contributed by atoms with Crippen molar-refractivity contribution in [2.75, 3.05) is 7.11 Å². The molecular formula is C15H16NNaO5S. The van der Waals surface area contributed by atoms with Crippen molar-refractivity contribution in [1.29, 1.82) is 5.26 Å². The molecule has 0 bridgehead atoms. The van der Waals surface area contributed by atoms with E-state index >= 15 is 0 Å². The van der Waals surface area contributed by atoms with E-state index in [4.69, 9.17) is 5.26 Å². The topological polar surface area (TPSA) is 107 Å². The van der Waals surface area contributed by atoms with Crippen molar-refractivity contribution in [1.82, 2.24) is 0 Å². The van der Waals surface area contributed by atoms with Crippen molar-refractivity contribution in [3.63, 3.8) is 0 Å². The van der Waals surface area contributed by atoms with Gasteiger partial charge in [0.05, 0.1) is 13.2 Å². The standard InChI is InChI=1S/C8H8O3S.C4H6O2.C3H3N.Na/c9-12(10,11)7-6-8-4-2-1-3-5-8;1-3-4(5)6-2;1-2-3-4;/h1-7H,(H,9,10,11);3H,1H2,2H3;2H,1H2;/q;;;+1/p-1. The zero-order valence-electron chi connectivity index (χ0n) is 13.0. The second-order valence-electron chi connectivity index (χ2n) is 3.27. The van der Waals surface area contributed by atoms with E-state index in [1.807, 2.05) is 6.07 Å². The number of methoxy groups -OCH3 is 1. The zero-order chi connectivity index (χ0) is 17.4. The molecule has 0 spiro atoms. The minimum absolute atomic E-state index is 0. The third-order valence-corrected chi connectivity index (χ3v) is 2.16. The summed E-state index contributed by atoms with van der Waals surface area (Å²) in [4.78, 5) is 9.84. The van der Waals surface area contributed by atoms with Gasteiger partial charge < -0.3 is 9.29 Å². The van der Waals surface area contributed by atoms with Crippen LogP contribution >= 0.6 is 0 Å². The van der Waals surface area contributed by atoms with Gasteiger partial charge in [-0.25, -0.2) is 13.2 Å². The van der Waals surface area contributed by atoms with Gasteiger partial charge in [0.25, 0.3) is 0 Å². The molecule has 1 aromatic rings. The van der Waals surface area contributed by atoms with Gasteiger partial charge in [-0.05, 0) is 11.6 Å².